The van der Waals surface area contributed by atoms with E-state index < -0.39 is 0 Å². The van der Waals surface area contributed by atoms with E-state index in [1.165, 1.54) is 17.8 Å². The number of rotatable bonds is 6. The molecule has 1 atom stereocenters. The van der Waals surface area contributed by atoms with Gasteiger partial charge in [-0.15, -0.1) is 0 Å². The number of benzene rings is 1. The first kappa shape index (κ1) is 17.3. The van der Waals surface area contributed by atoms with Crippen LogP contribution >= 0.6 is 11.8 Å². The number of carbonyl (C=O) groups is 1. The van der Waals surface area contributed by atoms with Gasteiger partial charge in [-0.3, -0.25) is 9.59 Å². The number of amides is 1. The third-order valence-corrected chi connectivity index (χ3v) is 4.22. The monoisotopic (exact) mass is 331 g/mol. The highest BCUT2D eigenvalue weighted by molar-refractivity contribution is 7.99. The van der Waals surface area contributed by atoms with E-state index in [-0.39, 0.29) is 29.2 Å². The highest BCUT2D eigenvalue weighted by Crippen LogP contribution is 2.16. The minimum absolute atomic E-state index is 0.0571. The normalized spacial score (nSPS) is 12.2. The quantitative estimate of drug-likeness (QED) is 0.630. The Bertz CT molecular complexity index is 713. The van der Waals surface area contributed by atoms with Gasteiger partial charge in [0, 0.05) is 6.07 Å². The SMILES string of the molecule is CC(C)c1cc(=O)[nH]c(SCC(=O)NC(C)c2ccccc2)n1. The second kappa shape index (κ2) is 7.97. The molecule has 0 aliphatic carbocycles. The molecule has 0 aliphatic heterocycles. The molecule has 5 nitrogen and oxygen atoms in total. The second-order valence-electron chi connectivity index (χ2n) is 5.62. The van der Waals surface area contributed by atoms with E-state index in [0.717, 1.165) is 11.3 Å². The maximum Gasteiger partial charge on any atom is 0.251 e. The fourth-order valence-electron chi connectivity index (χ4n) is 2.06. The molecule has 0 bridgehead atoms. The number of nitrogens with one attached hydrogen (secondary N) is 2. The van der Waals surface area contributed by atoms with Crippen molar-refractivity contribution < 1.29 is 4.79 Å². The molecule has 1 unspecified atom stereocenters. The van der Waals surface area contributed by atoms with E-state index in [4.69, 9.17) is 0 Å². The molecule has 0 radical (unpaired) electrons. The second-order valence-corrected chi connectivity index (χ2v) is 6.58. The molecule has 1 heterocycles. The number of aromatic amines is 1. The molecule has 2 rings (SSSR count). The summed E-state index contributed by atoms with van der Waals surface area (Å²) in [4.78, 5) is 30.7. The first-order chi connectivity index (χ1) is 11.0. The molecule has 122 valence electrons. The number of thioether (sulfide) groups is 1. The number of H-pyrrole nitrogens is 1. The summed E-state index contributed by atoms with van der Waals surface area (Å²) in [6.07, 6.45) is 0. The van der Waals surface area contributed by atoms with Crippen molar-refractivity contribution in [3.8, 4) is 0 Å². The van der Waals surface area contributed by atoms with E-state index in [1.807, 2.05) is 51.1 Å². The summed E-state index contributed by atoms with van der Waals surface area (Å²) in [5, 5.41) is 3.41. The Morgan fingerprint density at radius 3 is 2.61 bits per heavy atom. The number of aromatic nitrogens is 2. The van der Waals surface area contributed by atoms with Crippen LogP contribution in [0.3, 0.4) is 0 Å². The van der Waals surface area contributed by atoms with Gasteiger partial charge in [0.25, 0.3) is 5.56 Å². The van der Waals surface area contributed by atoms with Gasteiger partial charge in [-0.25, -0.2) is 4.98 Å². The summed E-state index contributed by atoms with van der Waals surface area (Å²) in [6.45, 7) is 5.90. The van der Waals surface area contributed by atoms with Gasteiger partial charge in [0.15, 0.2) is 5.16 Å². The van der Waals surface area contributed by atoms with Crippen LogP contribution in [-0.2, 0) is 4.79 Å². The molecule has 0 spiro atoms. The van der Waals surface area contributed by atoms with Gasteiger partial charge in [-0.05, 0) is 18.4 Å². The third-order valence-electron chi connectivity index (χ3n) is 3.35. The van der Waals surface area contributed by atoms with Gasteiger partial charge in [-0.2, -0.15) is 0 Å². The highest BCUT2D eigenvalue weighted by atomic mass is 32.2. The summed E-state index contributed by atoms with van der Waals surface area (Å²) < 4.78 is 0. The van der Waals surface area contributed by atoms with E-state index in [1.54, 1.807) is 0 Å². The van der Waals surface area contributed by atoms with Gasteiger partial charge >= 0.3 is 0 Å². The summed E-state index contributed by atoms with van der Waals surface area (Å²) in [5.74, 6) is 0.286. The molecular weight excluding hydrogens is 310 g/mol. The molecule has 1 aromatic heterocycles. The van der Waals surface area contributed by atoms with Crippen LogP contribution in [0.25, 0.3) is 0 Å². The van der Waals surface area contributed by atoms with Crippen molar-refractivity contribution in [1.29, 1.82) is 0 Å². The summed E-state index contributed by atoms with van der Waals surface area (Å²) >= 11 is 1.23. The van der Waals surface area contributed by atoms with Crippen molar-refractivity contribution in [3.05, 3.63) is 58.0 Å². The van der Waals surface area contributed by atoms with Crippen molar-refractivity contribution in [2.24, 2.45) is 0 Å². The maximum absolute atomic E-state index is 12.1. The van der Waals surface area contributed by atoms with Crippen molar-refractivity contribution in [2.75, 3.05) is 5.75 Å². The minimum Gasteiger partial charge on any atom is -0.349 e. The standard InChI is InChI=1S/C17H21N3O2S/c1-11(2)14-9-15(21)20-17(19-14)23-10-16(22)18-12(3)13-7-5-4-6-8-13/h4-9,11-12H,10H2,1-3H3,(H,18,22)(H,19,20,21). The van der Waals surface area contributed by atoms with Gasteiger partial charge in [0.05, 0.1) is 17.5 Å². The lowest BCUT2D eigenvalue weighted by Crippen LogP contribution is -2.28. The molecular formula is C17H21N3O2S. The van der Waals surface area contributed by atoms with E-state index in [9.17, 15) is 9.59 Å². The van der Waals surface area contributed by atoms with E-state index >= 15 is 0 Å². The molecule has 2 aromatic rings. The average Bonchev–Trinajstić information content (AvgIpc) is 2.53. The molecule has 1 amide bonds. The zero-order chi connectivity index (χ0) is 16.8. The minimum atomic E-state index is -0.190. The Morgan fingerprint density at radius 1 is 1.26 bits per heavy atom. The fourth-order valence-corrected chi connectivity index (χ4v) is 2.75. The van der Waals surface area contributed by atoms with Crippen LogP contribution in [0.2, 0.25) is 0 Å². The zero-order valence-electron chi connectivity index (χ0n) is 13.5. The topological polar surface area (TPSA) is 74.8 Å². The summed E-state index contributed by atoms with van der Waals surface area (Å²) in [5.41, 5.74) is 1.60. The molecule has 2 N–H and O–H groups in total. The predicted molar refractivity (Wildman–Crippen MR) is 92.7 cm³/mol. The first-order valence-electron chi connectivity index (χ1n) is 7.54. The fraction of sp³-hybridized carbons (Fsp3) is 0.353. The van der Waals surface area contributed by atoms with Crippen molar-refractivity contribution in [1.82, 2.24) is 15.3 Å². The molecule has 0 aliphatic rings. The van der Waals surface area contributed by atoms with Crippen molar-refractivity contribution in [2.45, 2.75) is 37.9 Å². The number of nitrogens with zero attached hydrogens (tertiary/aromatic N) is 1. The smallest absolute Gasteiger partial charge is 0.251 e. The van der Waals surface area contributed by atoms with Gasteiger partial charge in [-0.1, -0.05) is 55.9 Å². The first-order valence-corrected chi connectivity index (χ1v) is 8.52. The van der Waals surface area contributed by atoms with E-state index in [2.05, 4.69) is 15.3 Å². The number of carbonyl (C=O) groups excluding carboxylic acids is 1. The molecule has 6 heteroatoms. The zero-order valence-corrected chi connectivity index (χ0v) is 14.3. The largest absolute Gasteiger partial charge is 0.349 e. The maximum atomic E-state index is 12.1. The van der Waals surface area contributed by atoms with Crippen LogP contribution in [0, 0.1) is 0 Å². The Kier molecular flexibility index (Phi) is 5.98. The highest BCUT2D eigenvalue weighted by Gasteiger charge is 2.11. The molecule has 0 saturated carbocycles. The predicted octanol–water partition coefficient (Wildman–Crippen LogP) is 2.86. The van der Waals surface area contributed by atoms with Crippen LogP contribution in [0.15, 0.2) is 46.3 Å². The van der Waals surface area contributed by atoms with Crippen LogP contribution in [0.1, 0.15) is 44.0 Å². The Balaban J connectivity index is 1.93. The average molecular weight is 331 g/mol. The summed E-state index contributed by atoms with van der Waals surface area (Å²) in [7, 11) is 0. The lowest BCUT2D eigenvalue weighted by molar-refractivity contribution is -0.119. The lowest BCUT2D eigenvalue weighted by Gasteiger charge is -2.14. The molecule has 0 saturated heterocycles. The molecule has 23 heavy (non-hydrogen) atoms. The Morgan fingerprint density at radius 2 is 1.96 bits per heavy atom. The Hall–Kier alpha value is -2.08. The van der Waals surface area contributed by atoms with Crippen molar-refractivity contribution >= 4 is 17.7 Å². The van der Waals surface area contributed by atoms with Gasteiger partial charge in [0.2, 0.25) is 5.91 Å². The van der Waals surface area contributed by atoms with E-state index in [0.29, 0.717) is 5.16 Å². The van der Waals surface area contributed by atoms with Crippen LogP contribution in [-0.4, -0.2) is 21.6 Å². The molecule has 0 fully saturated rings. The van der Waals surface area contributed by atoms with Gasteiger partial charge in [0.1, 0.15) is 0 Å². The van der Waals surface area contributed by atoms with Crippen LogP contribution in [0.4, 0.5) is 0 Å². The van der Waals surface area contributed by atoms with Gasteiger partial charge < -0.3 is 10.3 Å². The molecule has 1 aromatic carbocycles. The Labute approximate surface area is 139 Å². The van der Waals surface area contributed by atoms with Crippen LogP contribution in [0.5, 0.6) is 0 Å². The lowest BCUT2D eigenvalue weighted by atomic mass is 10.1. The van der Waals surface area contributed by atoms with Crippen molar-refractivity contribution in [3.63, 3.8) is 0 Å². The summed E-state index contributed by atoms with van der Waals surface area (Å²) in [6, 6.07) is 11.2. The van der Waals surface area contributed by atoms with Crippen LogP contribution < -0.4 is 10.9 Å². The number of hydrogen-bond acceptors (Lipinski definition) is 4. The number of hydrogen-bond donors (Lipinski definition) is 2. The third kappa shape index (κ3) is 5.25.